The van der Waals surface area contributed by atoms with Gasteiger partial charge in [0.15, 0.2) is 0 Å². The van der Waals surface area contributed by atoms with Crippen LogP contribution in [-0.4, -0.2) is 4.98 Å². The molecule has 2 nitrogen and oxygen atoms in total. The normalized spacial score (nSPS) is 13.6. The zero-order valence-electron chi connectivity index (χ0n) is 13.1. The highest BCUT2D eigenvalue weighted by Gasteiger charge is 2.24. The summed E-state index contributed by atoms with van der Waals surface area (Å²) in [6.07, 6.45) is 0. The van der Waals surface area contributed by atoms with E-state index in [2.05, 4.69) is 76.0 Å². The SMILES string of the molecule is CC(C)c1[nH]c(=O)c(C(C)C)c(C(C)C)c1C(C)I. The molecule has 1 aromatic rings. The minimum Gasteiger partial charge on any atom is -0.325 e. The van der Waals surface area contributed by atoms with E-state index in [-0.39, 0.29) is 11.5 Å². The molecule has 0 aliphatic heterocycles. The number of rotatable bonds is 4. The molecule has 1 N–H and O–H groups in total. The molecule has 0 bridgehead atoms. The van der Waals surface area contributed by atoms with Gasteiger partial charge in [0, 0.05) is 15.2 Å². The zero-order valence-corrected chi connectivity index (χ0v) is 15.3. The second-order valence-corrected chi connectivity index (χ2v) is 8.06. The van der Waals surface area contributed by atoms with E-state index in [0.717, 1.165) is 11.3 Å². The Morgan fingerprint density at radius 3 is 1.58 bits per heavy atom. The maximum absolute atomic E-state index is 12.4. The minimum atomic E-state index is 0.100. The number of halogens is 1. The van der Waals surface area contributed by atoms with Crippen LogP contribution in [0.5, 0.6) is 0 Å². The summed E-state index contributed by atoms with van der Waals surface area (Å²) in [5, 5.41) is 0. The number of aromatic amines is 1. The first-order chi connectivity index (χ1) is 8.68. The van der Waals surface area contributed by atoms with Crippen LogP contribution < -0.4 is 5.56 Å². The summed E-state index contributed by atoms with van der Waals surface area (Å²) in [6, 6.07) is 0. The number of aromatic nitrogens is 1. The zero-order chi connectivity index (χ0) is 14.9. The van der Waals surface area contributed by atoms with Gasteiger partial charge in [-0.25, -0.2) is 0 Å². The largest absolute Gasteiger partial charge is 0.325 e. The first-order valence-electron chi connectivity index (χ1n) is 7.12. The van der Waals surface area contributed by atoms with Gasteiger partial charge < -0.3 is 4.98 Å². The van der Waals surface area contributed by atoms with E-state index < -0.39 is 0 Å². The molecule has 0 aromatic carbocycles. The van der Waals surface area contributed by atoms with Crippen LogP contribution in [0, 0.1) is 0 Å². The predicted molar refractivity (Wildman–Crippen MR) is 91.8 cm³/mol. The molecule has 0 amide bonds. The van der Waals surface area contributed by atoms with Crippen LogP contribution in [0.4, 0.5) is 0 Å². The third-order valence-corrected chi connectivity index (χ3v) is 4.12. The molecule has 0 spiro atoms. The van der Waals surface area contributed by atoms with Gasteiger partial charge in [-0.2, -0.15) is 0 Å². The van der Waals surface area contributed by atoms with Crippen molar-refractivity contribution in [2.45, 2.75) is 70.1 Å². The maximum atomic E-state index is 12.4. The van der Waals surface area contributed by atoms with Crippen molar-refractivity contribution in [3.63, 3.8) is 0 Å². The van der Waals surface area contributed by atoms with E-state index in [9.17, 15) is 4.79 Å². The Morgan fingerprint density at radius 2 is 1.26 bits per heavy atom. The van der Waals surface area contributed by atoms with Crippen molar-refractivity contribution in [1.29, 1.82) is 0 Å². The molecule has 1 atom stereocenters. The fourth-order valence-corrected chi connectivity index (χ4v) is 3.42. The Labute approximate surface area is 130 Å². The van der Waals surface area contributed by atoms with Gasteiger partial charge >= 0.3 is 0 Å². The van der Waals surface area contributed by atoms with Crippen molar-refractivity contribution in [3.05, 3.63) is 32.7 Å². The molecule has 1 heterocycles. The van der Waals surface area contributed by atoms with Crippen LogP contribution in [-0.2, 0) is 0 Å². The highest BCUT2D eigenvalue weighted by atomic mass is 127. The molecule has 1 unspecified atom stereocenters. The molecule has 1 aromatic heterocycles. The number of H-pyrrole nitrogens is 1. The predicted octanol–water partition coefficient (Wildman–Crippen LogP) is 5.24. The average Bonchev–Trinajstić information content (AvgIpc) is 2.25. The van der Waals surface area contributed by atoms with Crippen molar-refractivity contribution in [2.75, 3.05) is 0 Å². The molecule has 0 fully saturated rings. The van der Waals surface area contributed by atoms with Gasteiger partial charge in [-0.15, -0.1) is 0 Å². The topological polar surface area (TPSA) is 32.9 Å². The fourth-order valence-electron chi connectivity index (χ4n) is 2.75. The van der Waals surface area contributed by atoms with E-state index in [1.165, 1.54) is 11.1 Å². The number of nitrogens with one attached hydrogen (secondary N) is 1. The third-order valence-electron chi connectivity index (χ3n) is 3.49. The lowest BCUT2D eigenvalue weighted by atomic mass is 9.84. The first kappa shape index (κ1) is 16.7. The van der Waals surface area contributed by atoms with Gasteiger partial charge in [-0.1, -0.05) is 64.1 Å². The molecular weight excluding hydrogens is 349 g/mol. The van der Waals surface area contributed by atoms with E-state index in [1.807, 2.05) is 0 Å². The van der Waals surface area contributed by atoms with Gasteiger partial charge in [0.05, 0.1) is 0 Å². The quantitative estimate of drug-likeness (QED) is 0.567. The fraction of sp³-hybridized carbons (Fsp3) is 0.688. The van der Waals surface area contributed by atoms with Crippen molar-refractivity contribution in [2.24, 2.45) is 0 Å². The van der Waals surface area contributed by atoms with Gasteiger partial charge in [0.1, 0.15) is 0 Å². The number of alkyl halides is 1. The summed E-state index contributed by atoms with van der Waals surface area (Å²) >= 11 is 2.46. The van der Waals surface area contributed by atoms with Crippen molar-refractivity contribution < 1.29 is 0 Å². The summed E-state index contributed by atoms with van der Waals surface area (Å²) in [5.41, 5.74) is 4.79. The monoisotopic (exact) mass is 375 g/mol. The second kappa shape index (κ2) is 6.42. The van der Waals surface area contributed by atoms with Crippen molar-refractivity contribution in [1.82, 2.24) is 4.98 Å². The van der Waals surface area contributed by atoms with Crippen LogP contribution in [0.25, 0.3) is 0 Å². The number of pyridine rings is 1. The third kappa shape index (κ3) is 3.41. The van der Waals surface area contributed by atoms with E-state index in [4.69, 9.17) is 0 Å². The lowest BCUT2D eigenvalue weighted by molar-refractivity contribution is 0.719. The van der Waals surface area contributed by atoms with Crippen LogP contribution in [0.15, 0.2) is 4.79 Å². The molecule has 0 saturated heterocycles. The van der Waals surface area contributed by atoms with E-state index in [0.29, 0.717) is 15.8 Å². The molecule has 1 rings (SSSR count). The second-order valence-electron chi connectivity index (χ2n) is 6.19. The summed E-state index contributed by atoms with van der Waals surface area (Å²) in [5.74, 6) is 0.985. The van der Waals surface area contributed by atoms with E-state index >= 15 is 0 Å². The van der Waals surface area contributed by atoms with Gasteiger partial charge in [0.2, 0.25) is 0 Å². The lowest BCUT2D eigenvalue weighted by Gasteiger charge is -2.25. The lowest BCUT2D eigenvalue weighted by Crippen LogP contribution is -2.23. The molecule has 19 heavy (non-hydrogen) atoms. The molecule has 3 heteroatoms. The number of hydrogen-bond donors (Lipinski definition) is 1. The van der Waals surface area contributed by atoms with Crippen LogP contribution in [0.1, 0.15) is 92.5 Å². The maximum Gasteiger partial charge on any atom is 0.251 e. The Balaban J connectivity index is 3.82. The van der Waals surface area contributed by atoms with E-state index in [1.54, 1.807) is 0 Å². The van der Waals surface area contributed by atoms with Crippen molar-refractivity contribution >= 4 is 22.6 Å². The Morgan fingerprint density at radius 1 is 0.789 bits per heavy atom. The molecule has 0 radical (unpaired) electrons. The van der Waals surface area contributed by atoms with Crippen LogP contribution >= 0.6 is 22.6 Å². The highest BCUT2D eigenvalue weighted by Crippen LogP contribution is 2.37. The molecule has 108 valence electrons. The summed E-state index contributed by atoms with van der Waals surface area (Å²) in [4.78, 5) is 15.6. The van der Waals surface area contributed by atoms with Crippen molar-refractivity contribution in [3.8, 4) is 0 Å². The molecule has 0 aliphatic rings. The van der Waals surface area contributed by atoms with Crippen LogP contribution in [0.2, 0.25) is 0 Å². The van der Waals surface area contributed by atoms with Gasteiger partial charge in [-0.05, 0) is 35.8 Å². The summed E-state index contributed by atoms with van der Waals surface area (Å²) in [7, 11) is 0. The highest BCUT2D eigenvalue weighted by molar-refractivity contribution is 14.1. The molecular formula is C16H26INO. The smallest absolute Gasteiger partial charge is 0.251 e. The summed E-state index contributed by atoms with van der Waals surface area (Å²) < 4.78 is 0.404. The van der Waals surface area contributed by atoms with Gasteiger partial charge in [0.25, 0.3) is 5.56 Å². The Kier molecular flexibility index (Phi) is 5.65. The standard InChI is InChI=1S/C16H26INO/c1-8(2)12-13(9(3)4)16(19)18-15(10(5)6)14(12)11(7)17/h8-11H,1-7H3,(H,18,19). The first-order valence-corrected chi connectivity index (χ1v) is 8.36. The summed E-state index contributed by atoms with van der Waals surface area (Å²) in [6.45, 7) is 15.1. The minimum absolute atomic E-state index is 0.100. The Hall–Kier alpha value is -0.320. The average molecular weight is 375 g/mol. The number of hydrogen-bond acceptors (Lipinski definition) is 1. The Bertz CT molecular complexity index is 498. The molecule has 0 aliphatic carbocycles. The van der Waals surface area contributed by atoms with Crippen LogP contribution in [0.3, 0.4) is 0 Å². The molecule has 0 saturated carbocycles. The van der Waals surface area contributed by atoms with Gasteiger partial charge in [-0.3, -0.25) is 4.79 Å².